The maximum Gasteiger partial charge on any atom is 0.261 e. The van der Waals surface area contributed by atoms with Gasteiger partial charge in [-0.15, -0.1) is 0 Å². The summed E-state index contributed by atoms with van der Waals surface area (Å²) >= 11 is 0. The molecule has 16 heavy (non-hydrogen) atoms. The van der Waals surface area contributed by atoms with Crippen molar-refractivity contribution in [3.63, 3.8) is 0 Å². The second-order valence-electron chi connectivity index (χ2n) is 4.25. The molecule has 0 aromatic heterocycles. The molecule has 0 bridgehead atoms. The van der Waals surface area contributed by atoms with Crippen molar-refractivity contribution in [1.82, 2.24) is 4.90 Å². The molecular weight excluding hydrogens is 206 g/mol. The summed E-state index contributed by atoms with van der Waals surface area (Å²) in [6.45, 7) is 4.57. The van der Waals surface area contributed by atoms with E-state index in [-0.39, 0.29) is 23.0 Å². The number of amides is 1. The lowest BCUT2D eigenvalue weighted by atomic mass is 10.1. The molecule has 0 aliphatic rings. The number of rotatable bonds is 3. The monoisotopic (exact) mass is 223 g/mol. The summed E-state index contributed by atoms with van der Waals surface area (Å²) in [5.41, 5.74) is -0.0364. The van der Waals surface area contributed by atoms with Crippen LogP contribution in [0.5, 0.6) is 11.5 Å². The van der Waals surface area contributed by atoms with Gasteiger partial charge in [0.15, 0.2) is 0 Å². The molecule has 4 heteroatoms. The molecule has 0 unspecified atom stereocenters. The van der Waals surface area contributed by atoms with Gasteiger partial charge in [-0.2, -0.15) is 0 Å². The molecule has 1 amide bonds. The normalized spacial score (nSPS) is 10.5. The smallest absolute Gasteiger partial charge is 0.261 e. The van der Waals surface area contributed by atoms with E-state index in [1.807, 2.05) is 13.8 Å². The van der Waals surface area contributed by atoms with Crippen LogP contribution in [0.25, 0.3) is 0 Å². The van der Waals surface area contributed by atoms with Gasteiger partial charge >= 0.3 is 0 Å². The Morgan fingerprint density at radius 2 is 1.81 bits per heavy atom. The molecule has 0 saturated heterocycles. The lowest BCUT2D eigenvalue weighted by Gasteiger charge is -2.20. The molecule has 0 spiro atoms. The van der Waals surface area contributed by atoms with Gasteiger partial charge in [0.2, 0.25) is 0 Å². The van der Waals surface area contributed by atoms with Gasteiger partial charge in [0, 0.05) is 13.6 Å². The van der Waals surface area contributed by atoms with E-state index in [4.69, 9.17) is 0 Å². The fourth-order valence-corrected chi connectivity index (χ4v) is 1.57. The molecule has 0 atom stereocenters. The Kier molecular flexibility index (Phi) is 3.77. The Morgan fingerprint density at radius 3 is 2.25 bits per heavy atom. The van der Waals surface area contributed by atoms with Gasteiger partial charge in [0.1, 0.15) is 17.1 Å². The molecule has 0 fully saturated rings. The van der Waals surface area contributed by atoms with Crippen molar-refractivity contribution in [3.05, 3.63) is 23.8 Å². The quantitative estimate of drug-likeness (QED) is 0.821. The molecule has 1 aromatic carbocycles. The third kappa shape index (κ3) is 2.66. The third-order valence-electron chi connectivity index (χ3n) is 2.22. The molecular formula is C12H17NO3. The summed E-state index contributed by atoms with van der Waals surface area (Å²) in [4.78, 5) is 13.4. The van der Waals surface area contributed by atoms with Crippen LogP contribution in [0.2, 0.25) is 0 Å². The molecule has 2 N–H and O–H groups in total. The van der Waals surface area contributed by atoms with Crippen LogP contribution in [0.4, 0.5) is 0 Å². The van der Waals surface area contributed by atoms with Gasteiger partial charge in [-0.1, -0.05) is 19.9 Å². The van der Waals surface area contributed by atoms with Crippen LogP contribution >= 0.6 is 0 Å². The lowest BCUT2D eigenvalue weighted by molar-refractivity contribution is 0.0773. The zero-order chi connectivity index (χ0) is 12.3. The first-order valence-electron chi connectivity index (χ1n) is 5.20. The molecule has 1 rings (SSSR count). The Morgan fingerprint density at radius 1 is 1.31 bits per heavy atom. The van der Waals surface area contributed by atoms with Crippen LogP contribution in [-0.4, -0.2) is 34.6 Å². The summed E-state index contributed by atoms with van der Waals surface area (Å²) < 4.78 is 0. The number of benzene rings is 1. The molecule has 0 heterocycles. The molecule has 0 radical (unpaired) electrons. The second-order valence-corrected chi connectivity index (χ2v) is 4.25. The highest BCUT2D eigenvalue weighted by Crippen LogP contribution is 2.27. The summed E-state index contributed by atoms with van der Waals surface area (Å²) in [6, 6.07) is 4.26. The molecule has 1 aromatic rings. The third-order valence-corrected chi connectivity index (χ3v) is 2.22. The van der Waals surface area contributed by atoms with Crippen molar-refractivity contribution in [1.29, 1.82) is 0 Å². The van der Waals surface area contributed by atoms with Crippen molar-refractivity contribution in [2.45, 2.75) is 13.8 Å². The number of hydrogen-bond acceptors (Lipinski definition) is 3. The molecule has 0 saturated carbocycles. The number of phenols is 2. The van der Waals surface area contributed by atoms with Crippen LogP contribution in [-0.2, 0) is 0 Å². The largest absolute Gasteiger partial charge is 0.507 e. The highest BCUT2D eigenvalue weighted by Gasteiger charge is 2.20. The lowest BCUT2D eigenvalue weighted by Crippen LogP contribution is -2.30. The highest BCUT2D eigenvalue weighted by atomic mass is 16.3. The van der Waals surface area contributed by atoms with E-state index in [1.165, 1.54) is 23.1 Å². The minimum Gasteiger partial charge on any atom is -0.507 e. The van der Waals surface area contributed by atoms with E-state index in [2.05, 4.69) is 0 Å². The zero-order valence-corrected chi connectivity index (χ0v) is 9.77. The number of aromatic hydroxyl groups is 2. The molecule has 4 nitrogen and oxygen atoms in total. The second kappa shape index (κ2) is 4.88. The van der Waals surface area contributed by atoms with Gasteiger partial charge in [-0.25, -0.2) is 0 Å². The van der Waals surface area contributed by atoms with Crippen molar-refractivity contribution in [2.24, 2.45) is 5.92 Å². The summed E-state index contributed by atoms with van der Waals surface area (Å²) in [5.74, 6) is -0.424. The van der Waals surface area contributed by atoms with E-state index in [0.717, 1.165) is 0 Å². The average Bonchev–Trinajstić information content (AvgIpc) is 2.16. The van der Waals surface area contributed by atoms with E-state index in [0.29, 0.717) is 12.5 Å². The predicted molar refractivity (Wildman–Crippen MR) is 61.6 cm³/mol. The first-order chi connectivity index (χ1) is 7.43. The maximum atomic E-state index is 11.9. The van der Waals surface area contributed by atoms with Crippen LogP contribution in [0.15, 0.2) is 18.2 Å². The predicted octanol–water partition coefficient (Wildman–Crippen LogP) is 1.83. The Labute approximate surface area is 95.1 Å². The standard InChI is InChI=1S/C12H17NO3/c1-8(2)7-13(3)12(16)11-9(14)5-4-6-10(11)15/h4-6,8,14-15H,7H2,1-3H3. The number of carbonyl (C=O) groups is 1. The zero-order valence-electron chi connectivity index (χ0n) is 9.77. The Hall–Kier alpha value is -1.71. The maximum absolute atomic E-state index is 11.9. The molecule has 0 aliphatic heterocycles. The fraction of sp³-hybridized carbons (Fsp3) is 0.417. The number of phenolic OH excluding ortho intramolecular Hbond substituents is 2. The summed E-state index contributed by atoms with van der Waals surface area (Å²) in [5, 5.41) is 19.1. The number of carbonyl (C=O) groups excluding carboxylic acids is 1. The van der Waals surface area contributed by atoms with Crippen molar-refractivity contribution < 1.29 is 15.0 Å². The first kappa shape index (κ1) is 12.4. The van der Waals surface area contributed by atoms with Gasteiger partial charge in [0.25, 0.3) is 5.91 Å². The summed E-state index contributed by atoms with van der Waals surface area (Å²) in [6.07, 6.45) is 0. The van der Waals surface area contributed by atoms with Gasteiger partial charge in [-0.05, 0) is 18.1 Å². The highest BCUT2D eigenvalue weighted by molar-refractivity contribution is 5.99. The SMILES string of the molecule is CC(C)CN(C)C(=O)c1c(O)cccc1O. The van der Waals surface area contributed by atoms with Crippen LogP contribution in [0.1, 0.15) is 24.2 Å². The topological polar surface area (TPSA) is 60.8 Å². The van der Waals surface area contributed by atoms with E-state index >= 15 is 0 Å². The van der Waals surface area contributed by atoms with Crippen molar-refractivity contribution >= 4 is 5.91 Å². The molecule has 88 valence electrons. The van der Waals surface area contributed by atoms with Crippen LogP contribution < -0.4 is 0 Å². The van der Waals surface area contributed by atoms with Crippen molar-refractivity contribution in [3.8, 4) is 11.5 Å². The van der Waals surface area contributed by atoms with Crippen LogP contribution in [0.3, 0.4) is 0 Å². The first-order valence-corrected chi connectivity index (χ1v) is 5.20. The minimum absolute atomic E-state index is 0.0364. The Bertz CT molecular complexity index is 368. The van der Waals surface area contributed by atoms with E-state index in [9.17, 15) is 15.0 Å². The minimum atomic E-state index is -0.371. The van der Waals surface area contributed by atoms with Gasteiger partial charge < -0.3 is 15.1 Å². The number of nitrogens with zero attached hydrogens (tertiary/aromatic N) is 1. The van der Waals surface area contributed by atoms with E-state index in [1.54, 1.807) is 7.05 Å². The van der Waals surface area contributed by atoms with E-state index < -0.39 is 0 Å². The summed E-state index contributed by atoms with van der Waals surface area (Å²) in [7, 11) is 1.65. The Balaban J connectivity index is 2.96. The molecule has 0 aliphatic carbocycles. The number of hydrogen-bond donors (Lipinski definition) is 2. The fourth-order valence-electron chi connectivity index (χ4n) is 1.57. The van der Waals surface area contributed by atoms with Crippen LogP contribution in [0, 0.1) is 5.92 Å². The van der Waals surface area contributed by atoms with Gasteiger partial charge in [0.05, 0.1) is 0 Å². The van der Waals surface area contributed by atoms with Crippen molar-refractivity contribution in [2.75, 3.05) is 13.6 Å². The average molecular weight is 223 g/mol. The van der Waals surface area contributed by atoms with Gasteiger partial charge in [-0.3, -0.25) is 4.79 Å².